The van der Waals surface area contributed by atoms with E-state index in [0.717, 1.165) is 12.8 Å². The van der Waals surface area contributed by atoms with Gasteiger partial charge in [-0.1, -0.05) is 0 Å². The molecule has 110 valence electrons. The van der Waals surface area contributed by atoms with Gasteiger partial charge in [0.15, 0.2) is 0 Å². The van der Waals surface area contributed by atoms with Crippen molar-refractivity contribution in [3.05, 3.63) is 0 Å². The van der Waals surface area contributed by atoms with Crippen LogP contribution < -0.4 is 0 Å². The lowest BCUT2D eigenvalue weighted by atomic mass is 9.91. The number of piperidine rings is 1. The Hall–Kier alpha value is -1.30. The molecule has 1 unspecified atom stereocenters. The number of nitrogens with zero attached hydrogens (tertiary/aromatic N) is 1. The highest BCUT2D eigenvalue weighted by Crippen LogP contribution is 2.23. The van der Waals surface area contributed by atoms with Crippen molar-refractivity contribution in [3.63, 3.8) is 0 Å². The van der Waals surface area contributed by atoms with Crippen LogP contribution in [0.5, 0.6) is 0 Å². The van der Waals surface area contributed by atoms with Crippen LogP contribution in [0.4, 0.5) is 4.79 Å². The molecule has 1 amide bonds. The largest absolute Gasteiger partial charge is 0.481 e. The van der Waals surface area contributed by atoms with E-state index < -0.39 is 23.8 Å². The highest BCUT2D eigenvalue weighted by Gasteiger charge is 2.31. The average Bonchev–Trinajstić information content (AvgIpc) is 2.26. The minimum Gasteiger partial charge on any atom is -0.481 e. The molecule has 1 aliphatic rings. The van der Waals surface area contributed by atoms with E-state index in [1.165, 1.54) is 0 Å². The second-order valence-corrected chi connectivity index (χ2v) is 5.99. The molecule has 1 aliphatic heterocycles. The predicted octanol–water partition coefficient (Wildman–Crippen LogP) is 1.47. The second-order valence-electron chi connectivity index (χ2n) is 5.99. The van der Waals surface area contributed by atoms with E-state index in [-0.39, 0.29) is 12.3 Å². The lowest BCUT2D eigenvalue weighted by Gasteiger charge is -2.35. The first-order valence-corrected chi connectivity index (χ1v) is 6.57. The van der Waals surface area contributed by atoms with Gasteiger partial charge >= 0.3 is 12.1 Å². The van der Waals surface area contributed by atoms with Crippen molar-refractivity contribution in [2.75, 3.05) is 13.1 Å². The maximum absolute atomic E-state index is 11.9. The molecule has 0 saturated carbocycles. The number of carboxylic acids is 1. The fourth-order valence-electron chi connectivity index (χ4n) is 2.16. The van der Waals surface area contributed by atoms with Gasteiger partial charge in [-0.25, -0.2) is 4.79 Å². The van der Waals surface area contributed by atoms with Crippen LogP contribution in [0.25, 0.3) is 0 Å². The number of ether oxygens (including phenoxy) is 1. The van der Waals surface area contributed by atoms with Crippen molar-refractivity contribution < 1.29 is 24.5 Å². The zero-order valence-corrected chi connectivity index (χ0v) is 11.8. The Balaban J connectivity index is 2.54. The zero-order valence-electron chi connectivity index (χ0n) is 11.8. The van der Waals surface area contributed by atoms with Gasteiger partial charge in [0.1, 0.15) is 5.60 Å². The molecule has 1 heterocycles. The predicted molar refractivity (Wildman–Crippen MR) is 68.8 cm³/mol. The molecule has 6 nitrogen and oxygen atoms in total. The van der Waals surface area contributed by atoms with Gasteiger partial charge in [0.2, 0.25) is 0 Å². The normalized spacial score (nSPS) is 21.9. The van der Waals surface area contributed by atoms with E-state index in [0.29, 0.717) is 13.1 Å². The summed E-state index contributed by atoms with van der Waals surface area (Å²) in [7, 11) is 0. The number of aliphatic hydroxyl groups excluding tert-OH is 1. The molecular formula is C13H23NO5. The topological polar surface area (TPSA) is 87.1 Å². The molecule has 0 radical (unpaired) electrons. The number of rotatable bonds is 3. The molecule has 6 heteroatoms. The average molecular weight is 273 g/mol. The molecule has 0 bridgehead atoms. The molecule has 2 N–H and O–H groups in total. The van der Waals surface area contributed by atoms with Crippen LogP contribution in [-0.4, -0.2) is 52.0 Å². The van der Waals surface area contributed by atoms with Crippen molar-refractivity contribution in [1.29, 1.82) is 0 Å². The highest BCUT2D eigenvalue weighted by molar-refractivity contribution is 5.68. The van der Waals surface area contributed by atoms with E-state index in [9.17, 15) is 14.7 Å². The van der Waals surface area contributed by atoms with Crippen LogP contribution in [0.15, 0.2) is 0 Å². The van der Waals surface area contributed by atoms with E-state index in [4.69, 9.17) is 9.84 Å². The van der Waals surface area contributed by atoms with Crippen molar-refractivity contribution in [1.82, 2.24) is 4.90 Å². The number of carbonyl (C=O) groups is 2. The standard InChI is InChI=1S/C13H23NO5/c1-13(2,3)19-12(18)14-6-4-5-9(8-14)10(15)7-11(16)17/h9-10,15H,4-8H2,1-3H3,(H,16,17)/t9?,10-/m0/s1. The molecule has 2 atom stereocenters. The fourth-order valence-corrected chi connectivity index (χ4v) is 2.16. The summed E-state index contributed by atoms with van der Waals surface area (Å²) in [6.45, 7) is 6.33. The third kappa shape index (κ3) is 5.46. The summed E-state index contributed by atoms with van der Waals surface area (Å²) >= 11 is 0. The number of hydrogen-bond donors (Lipinski definition) is 2. The molecule has 1 rings (SSSR count). The Kier molecular flexibility index (Phi) is 5.17. The Labute approximate surface area is 113 Å². The smallest absolute Gasteiger partial charge is 0.410 e. The van der Waals surface area contributed by atoms with Crippen molar-refractivity contribution in [2.45, 2.75) is 51.7 Å². The maximum Gasteiger partial charge on any atom is 0.410 e. The summed E-state index contributed by atoms with van der Waals surface area (Å²) < 4.78 is 5.28. The molecular weight excluding hydrogens is 250 g/mol. The SMILES string of the molecule is CC(C)(C)OC(=O)N1CCCC([C@@H](O)CC(=O)O)C1. The van der Waals surface area contributed by atoms with Gasteiger partial charge in [0, 0.05) is 19.0 Å². The van der Waals surface area contributed by atoms with Crippen LogP contribution >= 0.6 is 0 Å². The lowest BCUT2D eigenvalue weighted by Crippen LogP contribution is -2.45. The van der Waals surface area contributed by atoms with Gasteiger partial charge in [-0.15, -0.1) is 0 Å². The second kappa shape index (κ2) is 6.23. The summed E-state index contributed by atoms with van der Waals surface area (Å²) in [6, 6.07) is 0. The number of aliphatic carboxylic acids is 1. The Bertz CT molecular complexity index is 336. The number of amides is 1. The first-order chi connectivity index (χ1) is 8.69. The summed E-state index contributed by atoms with van der Waals surface area (Å²) in [4.78, 5) is 24.0. The van der Waals surface area contributed by atoms with Crippen LogP contribution in [0, 0.1) is 5.92 Å². The summed E-state index contributed by atoms with van der Waals surface area (Å²) in [5.74, 6) is -1.22. The molecule has 0 aromatic heterocycles. The number of carboxylic acid groups (broad SMARTS) is 1. The Morgan fingerprint density at radius 2 is 2.05 bits per heavy atom. The fraction of sp³-hybridized carbons (Fsp3) is 0.846. The van der Waals surface area contributed by atoms with Gasteiger partial charge in [-0.3, -0.25) is 4.79 Å². The maximum atomic E-state index is 11.9. The molecule has 0 spiro atoms. The van der Waals surface area contributed by atoms with Crippen molar-refractivity contribution >= 4 is 12.1 Å². The quantitative estimate of drug-likeness (QED) is 0.813. The van der Waals surface area contributed by atoms with Gasteiger partial charge in [-0.2, -0.15) is 0 Å². The highest BCUT2D eigenvalue weighted by atomic mass is 16.6. The van der Waals surface area contributed by atoms with Crippen LogP contribution in [0.2, 0.25) is 0 Å². The van der Waals surface area contributed by atoms with E-state index in [2.05, 4.69) is 0 Å². The van der Waals surface area contributed by atoms with Crippen LogP contribution in [0.1, 0.15) is 40.0 Å². The van der Waals surface area contributed by atoms with Crippen LogP contribution in [-0.2, 0) is 9.53 Å². The zero-order chi connectivity index (χ0) is 14.6. The monoisotopic (exact) mass is 273 g/mol. The lowest BCUT2D eigenvalue weighted by molar-refractivity contribution is -0.140. The Morgan fingerprint density at radius 3 is 2.58 bits per heavy atom. The van der Waals surface area contributed by atoms with Gasteiger partial charge in [0.25, 0.3) is 0 Å². The first-order valence-electron chi connectivity index (χ1n) is 6.57. The van der Waals surface area contributed by atoms with E-state index >= 15 is 0 Å². The summed E-state index contributed by atoms with van der Waals surface area (Å²) in [6.07, 6.45) is -0.122. The molecule has 0 aliphatic carbocycles. The minimum atomic E-state index is -1.03. The Morgan fingerprint density at radius 1 is 1.42 bits per heavy atom. The summed E-state index contributed by atoms with van der Waals surface area (Å²) in [5, 5.41) is 18.5. The third-order valence-electron chi connectivity index (χ3n) is 3.04. The molecule has 1 fully saturated rings. The van der Waals surface area contributed by atoms with Crippen molar-refractivity contribution in [2.24, 2.45) is 5.92 Å². The van der Waals surface area contributed by atoms with Gasteiger partial charge in [-0.05, 0) is 33.6 Å². The van der Waals surface area contributed by atoms with Gasteiger partial charge in [0.05, 0.1) is 12.5 Å². The number of likely N-dealkylation sites (tertiary alicyclic amines) is 1. The number of aliphatic hydroxyl groups is 1. The third-order valence-corrected chi connectivity index (χ3v) is 3.04. The van der Waals surface area contributed by atoms with Gasteiger partial charge < -0.3 is 19.8 Å². The first kappa shape index (κ1) is 15.8. The molecule has 0 aromatic rings. The minimum absolute atomic E-state index is 0.197. The number of hydrogen-bond acceptors (Lipinski definition) is 4. The molecule has 1 saturated heterocycles. The van der Waals surface area contributed by atoms with Crippen LogP contribution in [0.3, 0.4) is 0 Å². The molecule has 19 heavy (non-hydrogen) atoms. The summed E-state index contributed by atoms with van der Waals surface area (Å²) in [5.41, 5.74) is -0.552. The number of carbonyl (C=O) groups excluding carboxylic acids is 1. The van der Waals surface area contributed by atoms with Crippen molar-refractivity contribution in [3.8, 4) is 0 Å². The van der Waals surface area contributed by atoms with E-state index in [1.54, 1.807) is 25.7 Å². The molecule has 0 aromatic carbocycles. The van der Waals surface area contributed by atoms with E-state index in [1.807, 2.05) is 0 Å².